The van der Waals surface area contributed by atoms with E-state index in [1.807, 2.05) is 36.4 Å². The molecule has 3 aromatic rings. The maximum Gasteiger partial charge on any atom is 0.200 e. The fourth-order valence-corrected chi connectivity index (χ4v) is 4.14. The summed E-state index contributed by atoms with van der Waals surface area (Å²) in [5, 5.41) is 10.9. The van der Waals surface area contributed by atoms with Crippen LogP contribution in [0.1, 0.15) is 49.1 Å². The Balaban J connectivity index is 1.83. The molecule has 166 valence electrons. The van der Waals surface area contributed by atoms with Gasteiger partial charge in [0.2, 0.25) is 5.82 Å². The standard InChI is InChI=1S/C25H20F5NO/c26-19-20(27)22(29)24(23(30)21(19)28)31-13-17-11-16(14-7-3-1-4-8-14)12-18(25(17)32)15-9-5-2-6-10-15/h1,3-4,7-8,11-13,15,32H,2,5-6,9-10H2. The molecular weight excluding hydrogens is 425 g/mol. The zero-order valence-electron chi connectivity index (χ0n) is 17.0. The number of aromatic hydroxyl groups is 1. The van der Waals surface area contributed by atoms with E-state index in [4.69, 9.17) is 0 Å². The van der Waals surface area contributed by atoms with Gasteiger partial charge in [0.15, 0.2) is 23.3 Å². The average Bonchev–Trinajstić information content (AvgIpc) is 2.83. The van der Waals surface area contributed by atoms with E-state index in [-0.39, 0.29) is 17.2 Å². The van der Waals surface area contributed by atoms with Gasteiger partial charge >= 0.3 is 0 Å². The molecule has 1 fully saturated rings. The monoisotopic (exact) mass is 445 g/mol. The number of nitrogens with zero attached hydrogens (tertiary/aromatic N) is 1. The first kappa shape index (κ1) is 22.0. The van der Waals surface area contributed by atoms with Gasteiger partial charge in [0.05, 0.1) is 0 Å². The molecule has 0 bridgehead atoms. The number of hydrogen-bond donors (Lipinski definition) is 1. The fraction of sp³-hybridized carbons (Fsp3) is 0.240. The van der Waals surface area contributed by atoms with Crippen molar-refractivity contribution in [2.75, 3.05) is 0 Å². The maximum atomic E-state index is 14.0. The van der Waals surface area contributed by atoms with Crippen LogP contribution in [0.5, 0.6) is 5.75 Å². The molecule has 0 unspecified atom stereocenters. The topological polar surface area (TPSA) is 32.6 Å². The van der Waals surface area contributed by atoms with Crippen molar-refractivity contribution in [1.29, 1.82) is 0 Å². The van der Waals surface area contributed by atoms with E-state index in [1.165, 1.54) is 0 Å². The van der Waals surface area contributed by atoms with Crippen LogP contribution in [0.15, 0.2) is 47.5 Å². The molecule has 32 heavy (non-hydrogen) atoms. The average molecular weight is 445 g/mol. The van der Waals surface area contributed by atoms with Gasteiger partial charge in [-0.15, -0.1) is 0 Å². The van der Waals surface area contributed by atoms with E-state index in [0.29, 0.717) is 5.56 Å². The van der Waals surface area contributed by atoms with Gasteiger partial charge in [-0.3, -0.25) is 0 Å². The van der Waals surface area contributed by atoms with E-state index in [2.05, 4.69) is 4.99 Å². The van der Waals surface area contributed by atoms with Crippen molar-refractivity contribution in [2.24, 2.45) is 4.99 Å². The van der Waals surface area contributed by atoms with Crippen LogP contribution in [-0.4, -0.2) is 11.3 Å². The molecule has 0 radical (unpaired) electrons. The number of phenolic OH excluding ortho intramolecular Hbond substituents is 1. The van der Waals surface area contributed by atoms with Crippen molar-refractivity contribution in [3.63, 3.8) is 0 Å². The molecule has 0 aromatic heterocycles. The first-order chi connectivity index (χ1) is 15.4. The summed E-state index contributed by atoms with van der Waals surface area (Å²) in [6.45, 7) is 0. The van der Waals surface area contributed by atoms with E-state index in [0.717, 1.165) is 49.4 Å². The summed E-state index contributed by atoms with van der Waals surface area (Å²) in [4.78, 5) is 3.54. The normalized spacial score (nSPS) is 14.9. The molecule has 0 amide bonds. The first-order valence-corrected chi connectivity index (χ1v) is 10.4. The Morgan fingerprint density at radius 1 is 0.750 bits per heavy atom. The predicted octanol–water partition coefficient (Wildman–Crippen LogP) is 7.55. The van der Waals surface area contributed by atoms with Crippen LogP contribution < -0.4 is 0 Å². The molecule has 1 saturated carbocycles. The van der Waals surface area contributed by atoms with Gasteiger partial charge in [-0.05, 0) is 47.6 Å². The van der Waals surface area contributed by atoms with Crippen LogP contribution in [0.4, 0.5) is 27.6 Å². The van der Waals surface area contributed by atoms with Gasteiger partial charge in [-0.25, -0.2) is 26.9 Å². The van der Waals surface area contributed by atoms with Gasteiger partial charge in [0, 0.05) is 11.8 Å². The van der Waals surface area contributed by atoms with Gasteiger partial charge in [-0.1, -0.05) is 49.6 Å². The van der Waals surface area contributed by atoms with Crippen molar-refractivity contribution in [3.05, 3.63) is 82.7 Å². The van der Waals surface area contributed by atoms with E-state index < -0.39 is 34.8 Å². The smallest absolute Gasteiger partial charge is 0.200 e. The highest BCUT2D eigenvalue weighted by molar-refractivity contribution is 5.89. The molecule has 0 aliphatic heterocycles. The minimum atomic E-state index is -2.24. The molecule has 2 nitrogen and oxygen atoms in total. The third kappa shape index (κ3) is 4.11. The molecular formula is C25H20F5NO. The van der Waals surface area contributed by atoms with Crippen molar-refractivity contribution >= 4 is 11.9 Å². The van der Waals surface area contributed by atoms with Gasteiger partial charge in [-0.2, -0.15) is 0 Å². The summed E-state index contributed by atoms with van der Waals surface area (Å²) in [6, 6.07) is 12.8. The summed E-state index contributed by atoms with van der Waals surface area (Å²) >= 11 is 0. The highest BCUT2D eigenvalue weighted by Crippen LogP contribution is 2.41. The molecule has 0 saturated heterocycles. The van der Waals surface area contributed by atoms with Crippen molar-refractivity contribution < 1.29 is 27.1 Å². The van der Waals surface area contributed by atoms with E-state index in [1.54, 1.807) is 6.07 Å². The van der Waals surface area contributed by atoms with Crippen molar-refractivity contribution in [1.82, 2.24) is 0 Å². The lowest BCUT2D eigenvalue weighted by Crippen LogP contribution is -2.06. The Morgan fingerprint density at radius 3 is 1.97 bits per heavy atom. The van der Waals surface area contributed by atoms with Crippen LogP contribution in [-0.2, 0) is 0 Å². The van der Waals surface area contributed by atoms with E-state index >= 15 is 0 Å². The Kier molecular flexibility index (Phi) is 6.26. The van der Waals surface area contributed by atoms with Crippen LogP contribution in [0, 0.1) is 29.1 Å². The summed E-state index contributed by atoms with van der Waals surface area (Å²) in [5.41, 5.74) is 1.13. The molecule has 1 N–H and O–H groups in total. The summed E-state index contributed by atoms with van der Waals surface area (Å²) < 4.78 is 68.4. The Hall–Kier alpha value is -3.22. The maximum absolute atomic E-state index is 14.0. The minimum absolute atomic E-state index is 0.105. The summed E-state index contributed by atoms with van der Waals surface area (Å²) in [7, 11) is 0. The SMILES string of the molecule is Oc1c(C=Nc2c(F)c(F)c(F)c(F)c2F)cc(-c2ccccc2)cc1C1CCCCC1. The highest BCUT2D eigenvalue weighted by atomic mass is 19.2. The Bertz CT molecular complexity index is 1140. The second kappa shape index (κ2) is 9.10. The van der Waals surface area contributed by atoms with Crippen LogP contribution in [0.3, 0.4) is 0 Å². The Labute approximate surface area is 182 Å². The fourth-order valence-electron chi connectivity index (χ4n) is 4.14. The third-order valence-electron chi connectivity index (χ3n) is 5.84. The number of aliphatic imine (C=N–C) groups is 1. The van der Waals surface area contributed by atoms with Gasteiger partial charge in [0.25, 0.3) is 0 Å². The lowest BCUT2D eigenvalue weighted by atomic mass is 9.82. The molecule has 7 heteroatoms. The minimum Gasteiger partial charge on any atom is -0.507 e. The summed E-state index contributed by atoms with van der Waals surface area (Å²) in [5.74, 6) is -10.4. The molecule has 0 spiro atoms. The third-order valence-corrected chi connectivity index (χ3v) is 5.84. The zero-order valence-corrected chi connectivity index (χ0v) is 17.0. The lowest BCUT2D eigenvalue weighted by Gasteiger charge is -2.24. The van der Waals surface area contributed by atoms with Crippen LogP contribution in [0.25, 0.3) is 11.1 Å². The molecule has 0 heterocycles. The molecule has 1 aliphatic carbocycles. The van der Waals surface area contributed by atoms with Crippen molar-refractivity contribution in [2.45, 2.75) is 38.0 Å². The van der Waals surface area contributed by atoms with Crippen LogP contribution >= 0.6 is 0 Å². The summed E-state index contributed by atoms with van der Waals surface area (Å²) in [6.07, 6.45) is 5.87. The second-order valence-electron chi connectivity index (χ2n) is 7.88. The number of benzene rings is 3. The highest BCUT2D eigenvalue weighted by Gasteiger charge is 2.26. The van der Waals surface area contributed by atoms with E-state index in [9.17, 15) is 27.1 Å². The van der Waals surface area contributed by atoms with Gasteiger partial charge < -0.3 is 5.11 Å². The first-order valence-electron chi connectivity index (χ1n) is 10.4. The molecule has 1 aliphatic rings. The number of halogens is 5. The zero-order chi connectivity index (χ0) is 22.8. The predicted molar refractivity (Wildman–Crippen MR) is 113 cm³/mol. The number of rotatable bonds is 4. The van der Waals surface area contributed by atoms with Gasteiger partial charge in [0.1, 0.15) is 11.4 Å². The van der Waals surface area contributed by atoms with Crippen LogP contribution in [0.2, 0.25) is 0 Å². The molecule has 4 rings (SSSR count). The lowest BCUT2D eigenvalue weighted by molar-refractivity contribution is 0.381. The molecule has 3 aromatic carbocycles. The Morgan fingerprint density at radius 2 is 1.34 bits per heavy atom. The quantitative estimate of drug-likeness (QED) is 0.191. The number of hydrogen-bond acceptors (Lipinski definition) is 2. The van der Waals surface area contributed by atoms with Crippen molar-refractivity contribution in [3.8, 4) is 16.9 Å². The second-order valence-corrected chi connectivity index (χ2v) is 7.88. The number of phenols is 1. The largest absolute Gasteiger partial charge is 0.507 e. The molecule has 0 atom stereocenters.